The number of nitrogens with zero attached hydrogens (tertiary/aromatic N) is 3. The Morgan fingerprint density at radius 1 is 1.82 bits per heavy atom. The van der Waals surface area contributed by atoms with Crippen molar-refractivity contribution in [3.63, 3.8) is 0 Å². The van der Waals surface area contributed by atoms with E-state index in [9.17, 15) is 0 Å². The summed E-state index contributed by atoms with van der Waals surface area (Å²) in [6.45, 7) is 0.924. The highest BCUT2D eigenvalue weighted by molar-refractivity contribution is 9.09. The molecule has 1 aliphatic rings. The van der Waals surface area contributed by atoms with Gasteiger partial charge in [0.2, 0.25) is 0 Å². The summed E-state index contributed by atoms with van der Waals surface area (Å²) in [5.74, 6) is 0. The van der Waals surface area contributed by atoms with Gasteiger partial charge in [0.1, 0.15) is 6.07 Å². The lowest BCUT2D eigenvalue weighted by molar-refractivity contribution is 0.653. The van der Waals surface area contributed by atoms with Crippen LogP contribution in [0, 0.1) is 11.3 Å². The Morgan fingerprint density at radius 2 is 2.64 bits per heavy atom. The molecule has 0 spiro atoms. The first-order valence-electron chi connectivity index (χ1n) is 3.43. The first-order valence-corrected chi connectivity index (χ1v) is 4.35. The Balaban J connectivity index is 2.48. The van der Waals surface area contributed by atoms with Crippen LogP contribution >= 0.6 is 15.9 Å². The zero-order valence-electron chi connectivity index (χ0n) is 5.79. The van der Waals surface area contributed by atoms with Gasteiger partial charge in [-0.05, 0) is 12.5 Å². The van der Waals surface area contributed by atoms with Crippen molar-refractivity contribution in [1.29, 1.82) is 5.26 Å². The van der Waals surface area contributed by atoms with Gasteiger partial charge in [0.05, 0.1) is 10.5 Å². The van der Waals surface area contributed by atoms with Crippen molar-refractivity contribution in [2.45, 2.75) is 17.8 Å². The van der Waals surface area contributed by atoms with Crippen LogP contribution in [-0.2, 0) is 6.54 Å². The van der Waals surface area contributed by atoms with E-state index >= 15 is 0 Å². The summed E-state index contributed by atoms with van der Waals surface area (Å²) in [6.07, 6.45) is 1.08. The molecule has 1 atom stereocenters. The van der Waals surface area contributed by atoms with Crippen LogP contribution in [0.4, 0.5) is 0 Å². The lowest BCUT2D eigenvalue weighted by Crippen LogP contribution is -1.93. The number of nitriles is 1. The standard InChI is InChI=1S/C7H6BrN3/c8-6-1-2-11-7(6)3-5(4-9)10-11/h3,6H,1-2H2/t6-/m0/s1. The number of fused-ring (bicyclic) bond motifs is 1. The average molecular weight is 212 g/mol. The average Bonchev–Trinajstić information content (AvgIpc) is 2.53. The van der Waals surface area contributed by atoms with Crippen LogP contribution in [-0.4, -0.2) is 9.78 Å². The first kappa shape index (κ1) is 6.86. The van der Waals surface area contributed by atoms with Crippen LogP contribution in [0.2, 0.25) is 0 Å². The second-order valence-corrected chi connectivity index (χ2v) is 3.65. The molecular formula is C7H6BrN3. The zero-order chi connectivity index (χ0) is 7.84. The lowest BCUT2D eigenvalue weighted by atomic mass is 10.3. The quantitative estimate of drug-likeness (QED) is 0.612. The van der Waals surface area contributed by atoms with Crippen LogP contribution in [0.1, 0.15) is 22.6 Å². The molecule has 0 saturated carbocycles. The van der Waals surface area contributed by atoms with E-state index in [1.807, 2.05) is 16.8 Å². The number of hydrogen-bond donors (Lipinski definition) is 0. The SMILES string of the molecule is N#Cc1cc2n(n1)CC[C@@H]2Br. The van der Waals surface area contributed by atoms with Gasteiger partial charge in [0.25, 0.3) is 0 Å². The highest BCUT2D eigenvalue weighted by Gasteiger charge is 2.21. The van der Waals surface area contributed by atoms with Gasteiger partial charge in [-0.3, -0.25) is 4.68 Å². The van der Waals surface area contributed by atoms with E-state index in [1.165, 1.54) is 0 Å². The zero-order valence-corrected chi connectivity index (χ0v) is 7.37. The Kier molecular flexibility index (Phi) is 1.46. The molecule has 0 amide bonds. The predicted octanol–water partition coefficient (Wildman–Crippen LogP) is 1.59. The second-order valence-electron chi connectivity index (χ2n) is 2.55. The van der Waals surface area contributed by atoms with Gasteiger partial charge < -0.3 is 0 Å². The third kappa shape index (κ3) is 0.962. The maximum absolute atomic E-state index is 8.54. The van der Waals surface area contributed by atoms with Gasteiger partial charge in [0, 0.05) is 6.54 Å². The van der Waals surface area contributed by atoms with Crippen LogP contribution in [0.5, 0.6) is 0 Å². The Bertz CT molecular complexity index is 323. The summed E-state index contributed by atoms with van der Waals surface area (Å²) in [6, 6.07) is 3.86. The molecule has 2 rings (SSSR count). The molecule has 4 heteroatoms. The molecule has 0 unspecified atom stereocenters. The number of hydrogen-bond acceptors (Lipinski definition) is 2. The van der Waals surface area contributed by atoms with E-state index in [2.05, 4.69) is 21.0 Å². The first-order chi connectivity index (χ1) is 5.31. The molecule has 2 heterocycles. The van der Waals surface area contributed by atoms with E-state index in [1.54, 1.807) is 0 Å². The van der Waals surface area contributed by atoms with Crippen LogP contribution in [0.3, 0.4) is 0 Å². The number of aryl methyl sites for hydroxylation is 1. The minimum Gasteiger partial charge on any atom is -0.267 e. The summed E-state index contributed by atoms with van der Waals surface area (Å²) >= 11 is 3.51. The maximum Gasteiger partial charge on any atom is 0.162 e. The molecular weight excluding hydrogens is 206 g/mol. The minimum atomic E-state index is 0.386. The summed E-state index contributed by atoms with van der Waals surface area (Å²) in [4.78, 5) is 0.386. The van der Waals surface area contributed by atoms with Crippen molar-refractivity contribution < 1.29 is 0 Å². The van der Waals surface area contributed by atoms with Crippen LogP contribution in [0.15, 0.2) is 6.07 Å². The van der Waals surface area contributed by atoms with Crippen LogP contribution < -0.4 is 0 Å². The Hall–Kier alpha value is -0.820. The molecule has 0 N–H and O–H groups in total. The van der Waals surface area contributed by atoms with Crippen molar-refractivity contribution >= 4 is 15.9 Å². The van der Waals surface area contributed by atoms with Gasteiger partial charge in [-0.15, -0.1) is 0 Å². The van der Waals surface area contributed by atoms with Crippen LogP contribution in [0.25, 0.3) is 0 Å². The molecule has 1 aromatic heterocycles. The summed E-state index contributed by atoms with van der Waals surface area (Å²) in [7, 11) is 0. The number of halogens is 1. The molecule has 0 aromatic carbocycles. The van der Waals surface area contributed by atoms with Crippen molar-refractivity contribution in [2.75, 3.05) is 0 Å². The van der Waals surface area contributed by atoms with Crippen molar-refractivity contribution in [1.82, 2.24) is 9.78 Å². The van der Waals surface area contributed by atoms with Crippen molar-refractivity contribution in [3.05, 3.63) is 17.5 Å². The van der Waals surface area contributed by atoms with Crippen molar-refractivity contribution in [2.24, 2.45) is 0 Å². The molecule has 1 aromatic rings. The minimum absolute atomic E-state index is 0.386. The van der Waals surface area contributed by atoms with Gasteiger partial charge >= 0.3 is 0 Å². The predicted molar refractivity (Wildman–Crippen MR) is 43.2 cm³/mol. The highest BCUT2D eigenvalue weighted by atomic mass is 79.9. The van der Waals surface area contributed by atoms with Crippen molar-refractivity contribution in [3.8, 4) is 6.07 Å². The van der Waals surface area contributed by atoms with Gasteiger partial charge in [0.15, 0.2) is 5.69 Å². The topological polar surface area (TPSA) is 41.6 Å². The molecule has 0 fully saturated rings. The number of alkyl halides is 1. The van der Waals surface area contributed by atoms with Gasteiger partial charge in [-0.2, -0.15) is 10.4 Å². The Labute approximate surface area is 72.8 Å². The number of rotatable bonds is 0. The fourth-order valence-corrected chi connectivity index (χ4v) is 1.87. The molecule has 0 bridgehead atoms. The monoisotopic (exact) mass is 211 g/mol. The van der Waals surface area contributed by atoms with E-state index in [4.69, 9.17) is 5.26 Å². The fraction of sp³-hybridized carbons (Fsp3) is 0.429. The fourth-order valence-electron chi connectivity index (χ4n) is 1.30. The highest BCUT2D eigenvalue weighted by Crippen LogP contribution is 2.32. The van der Waals surface area contributed by atoms with Gasteiger partial charge in [-0.25, -0.2) is 0 Å². The van der Waals surface area contributed by atoms with E-state index in [0.717, 1.165) is 18.7 Å². The molecule has 56 valence electrons. The van der Waals surface area contributed by atoms with E-state index in [-0.39, 0.29) is 0 Å². The smallest absolute Gasteiger partial charge is 0.162 e. The number of aromatic nitrogens is 2. The molecule has 0 saturated heterocycles. The summed E-state index contributed by atoms with van der Waals surface area (Å²) < 4.78 is 1.89. The maximum atomic E-state index is 8.54. The Morgan fingerprint density at radius 3 is 3.27 bits per heavy atom. The normalized spacial score (nSPS) is 21.3. The second kappa shape index (κ2) is 2.35. The molecule has 11 heavy (non-hydrogen) atoms. The molecule has 3 nitrogen and oxygen atoms in total. The summed E-state index contributed by atoms with van der Waals surface area (Å²) in [5, 5.41) is 12.6. The third-order valence-electron chi connectivity index (χ3n) is 1.84. The molecule has 1 aliphatic heterocycles. The molecule has 0 radical (unpaired) electrons. The summed E-state index contributed by atoms with van der Waals surface area (Å²) in [5.41, 5.74) is 1.64. The van der Waals surface area contributed by atoms with E-state index < -0.39 is 0 Å². The molecule has 0 aliphatic carbocycles. The van der Waals surface area contributed by atoms with Gasteiger partial charge in [-0.1, -0.05) is 15.9 Å². The third-order valence-corrected chi connectivity index (χ3v) is 2.77. The van der Waals surface area contributed by atoms with E-state index in [0.29, 0.717) is 10.5 Å². The lowest BCUT2D eigenvalue weighted by Gasteiger charge is -1.92. The largest absolute Gasteiger partial charge is 0.267 e.